The molecule has 2 unspecified atom stereocenters. The van der Waals surface area contributed by atoms with Crippen molar-refractivity contribution >= 4 is 22.2 Å². The molecule has 1 aliphatic rings. The molecule has 1 amide bonds. The van der Waals surface area contributed by atoms with Gasteiger partial charge in [0.1, 0.15) is 28.7 Å². The molecule has 1 aromatic heterocycles. The molecule has 0 radical (unpaired) electrons. The summed E-state index contributed by atoms with van der Waals surface area (Å²) in [6.45, 7) is 3.87. The predicted octanol–water partition coefficient (Wildman–Crippen LogP) is 5.95. The number of carbonyl (C=O) groups is 1. The van der Waals surface area contributed by atoms with Crippen LogP contribution in [0.3, 0.4) is 0 Å². The highest BCUT2D eigenvalue weighted by Gasteiger charge is 2.28. The first-order chi connectivity index (χ1) is 16.4. The van der Waals surface area contributed by atoms with Gasteiger partial charge < -0.3 is 15.2 Å². The van der Waals surface area contributed by atoms with Crippen molar-refractivity contribution in [2.75, 3.05) is 5.32 Å². The van der Waals surface area contributed by atoms with Crippen molar-refractivity contribution in [3.8, 4) is 11.8 Å². The van der Waals surface area contributed by atoms with E-state index in [4.69, 9.17) is 4.74 Å². The van der Waals surface area contributed by atoms with Crippen molar-refractivity contribution in [2.45, 2.75) is 45.3 Å². The maximum Gasteiger partial charge on any atom is 0.259 e. The summed E-state index contributed by atoms with van der Waals surface area (Å²) in [6, 6.07) is 15.4. The summed E-state index contributed by atoms with van der Waals surface area (Å²) in [5, 5.41) is 23.2. The number of allylic oxidation sites excluding steroid dienone is 1. The zero-order valence-electron chi connectivity index (χ0n) is 19.0. The van der Waals surface area contributed by atoms with Crippen molar-refractivity contribution in [3.63, 3.8) is 0 Å². The number of aliphatic hydroxyl groups excluding tert-OH is 1. The van der Waals surface area contributed by atoms with Crippen molar-refractivity contribution in [1.82, 2.24) is 0 Å². The fourth-order valence-corrected chi connectivity index (χ4v) is 5.31. The van der Waals surface area contributed by atoms with Gasteiger partial charge in [-0.05, 0) is 62.1 Å². The monoisotopic (exact) mass is 476 g/mol. The van der Waals surface area contributed by atoms with Crippen molar-refractivity contribution in [1.29, 1.82) is 5.26 Å². The van der Waals surface area contributed by atoms with Gasteiger partial charge in [-0.1, -0.05) is 35.9 Å². The first-order valence-electron chi connectivity index (χ1n) is 11.1. The van der Waals surface area contributed by atoms with Gasteiger partial charge in [-0.3, -0.25) is 4.79 Å². The highest BCUT2D eigenvalue weighted by atomic mass is 32.1. The Labute approximate surface area is 202 Å². The van der Waals surface area contributed by atoms with Crippen molar-refractivity contribution < 1.29 is 19.0 Å². The average Bonchev–Trinajstić information content (AvgIpc) is 3.15. The third kappa shape index (κ3) is 5.19. The molecule has 0 bridgehead atoms. The summed E-state index contributed by atoms with van der Waals surface area (Å²) in [5.41, 5.74) is 3.09. The second-order valence-corrected chi connectivity index (χ2v) is 9.60. The smallest absolute Gasteiger partial charge is 0.259 e. The molecule has 4 rings (SSSR count). The molecule has 1 aliphatic carbocycles. The van der Waals surface area contributed by atoms with Crippen LogP contribution in [0.1, 0.15) is 58.3 Å². The van der Waals surface area contributed by atoms with E-state index in [0.717, 1.165) is 28.0 Å². The highest BCUT2D eigenvalue weighted by Crippen LogP contribution is 2.39. The Bertz CT molecular complexity index is 1290. The quantitative estimate of drug-likeness (QED) is 0.431. The van der Waals surface area contributed by atoms with Gasteiger partial charge in [0.15, 0.2) is 0 Å². The predicted molar refractivity (Wildman–Crippen MR) is 131 cm³/mol. The third-order valence-corrected chi connectivity index (χ3v) is 6.84. The van der Waals surface area contributed by atoms with E-state index >= 15 is 0 Å². The minimum atomic E-state index is -0.692. The fourth-order valence-electron chi connectivity index (χ4n) is 4.05. The summed E-state index contributed by atoms with van der Waals surface area (Å²) in [5.74, 6) is -0.504. The Balaban J connectivity index is 1.50. The van der Waals surface area contributed by atoms with Gasteiger partial charge in [0, 0.05) is 11.3 Å². The van der Waals surface area contributed by atoms with E-state index in [1.54, 1.807) is 12.1 Å². The summed E-state index contributed by atoms with van der Waals surface area (Å²) in [7, 11) is 0. The molecule has 0 aliphatic heterocycles. The Morgan fingerprint density at radius 2 is 2.09 bits per heavy atom. The molecule has 7 heteroatoms. The van der Waals surface area contributed by atoms with Crippen LogP contribution in [-0.4, -0.2) is 17.1 Å². The molecule has 174 valence electrons. The lowest BCUT2D eigenvalue weighted by molar-refractivity contribution is 0.102. The number of nitrogens with zero attached hydrogens (tertiary/aromatic N) is 1. The number of amides is 1. The standard InChI is InChI=1S/C27H25FN2O3S/c1-16(2)12-24(31)17-6-5-7-18(13-17)33-19-10-11-20-22(15-29)27(34-25(20)14-19)30-26(32)21-8-3-4-9-23(21)28/h3-9,12-13,19,24,31H,10-11,14H2,1-2H3,(H,30,32). The average molecular weight is 477 g/mol. The number of fused-ring (bicyclic) bond motifs is 1. The minimum Gasteiger partial charge on any atom is -0.490 e. The second kappa shape index (κ2) is 10.2. The minimum absolute atomic E-state index is 0.0610. The number of hydrogen-bond acceptors (Lipinski definition) is 5. The first kappa shape index (κ1) is 23.7. The van der Waals surface area contributed by atoms with Gasteiger partial charge in [-0.2, -0.15) is 5.26 Å². The number of anilines is 1. The summed E-state index contributed by atoms with van der Waals surface area (Å²) in [6.07, 6.45) is 2.98. The van der Waals surface area contributed by atoms with E-state index < -0.39 is 17.8 Å². The largest absolute Gasteiger partial charge is 0.490 e. The molecule has 2 N–H and O–H groups in total. The molecule has 2 aromatic carbocycles. The van der Waals surface area contributed by atoms with Crippen LogP contribution >= 0.6 is 11.3 Å². The van der Waals surface area contributed by atoms with Crippen LogP contribution in [0, 0.1) is 17.1 Å². The molecular formula is C27H25FN2O3S. The highest BCUT2D eigenvalue weighted by molar-refractivity contribution is 7.16. The number of carbonyl (C=O) groups excluding carboxylic acids is 1. The lowest BCUT2D eigenvalue weighted by Crippen LogP contribution is -2.24. The Kier molecular flexibility index (Phi) is 7.11. The van der Waals surface area contributed by atoms with E-state index in [9.17, 15) is 19.6 Å². The molecular weight excluding hydrogens is 451 g/mol. The van der Waals surface area contributed by atoms with Gasteiger partial charge in [0.25, 0.3) is 5.91 Å². The van der Waals surface area contributed by atoms with E-state index in [1.807, 2.05) is 38.1 Å². The van der Waals surface area contributed by atoms with Gasteiger partial charge in [0.05, 0.1) is 17.2 Å². The number of nitriles is 1. The van der Waals surface area contributed by atoms with Crippen LogP contribution in [0.5, 0.6) is 5.75 Å². The Morgan fingerprint density at radius 1 is 1.29 bits per heavy atom. The number of hydrogen-bond donors (Lipinski definition) is 2. The number of benzene rings is 2. The van der Waals surface area contributed by atoms with Crippen LogP contribution in [-0.2, 0) is 12.8 Å². The second-order valence-electron chi connectivity index (χ2n) is 8.50. The lowest BCUT2D eigenvalue weighted by Gasteiger charge is -2.24. The molecule has 0 spiro atoms. The third-order valence-electron chi connectivity index (χ3n) is 5.67. The molecule has 0 fully saturated rings. The van der Waals surface area contributed by atoms with Crippen molar-refractivity contribution in [3.05, 3.63) is 93.1 Å². The maximum absolute atomic E-state index is 14.0. The summed E-state index contributed by atoms with van der Waals surface area (Å²) < 4.78 is 20.2. The van der Waals surface area contributed by atoms with Crippen molar-refractivity contribution in [2.24, 2.45) is 0 Å². The summed E-state index contributed by atoms with van der Waals surface area (Å²) >= 11 is 1.34. The SMILES string of the molecule is CC(C)=CC(O)c1cccc(OC2CCc3c(sc(NC(=O)c4ccccc4F)c3C#N)C2)c1. The van der Waals surface area contributed by atoms with Crippen LogP contribution in [0.15, 0.2) is 60.2 Å². The molecule has 34 heavy (non-hydrogen) atoms. The number of thiophene rings is 1. The molecule has 0 saturated heterocycles. The number of halogens is 1. The van der Waals surface area contributed by atoms with E-state index in [0.29, 0.717) is 29.2 Å². The number of ether oxygens (including phenoxy) is 1. The molecule has 0 saturated carbocycles. The zero-order chi connectivity index (χ0) is 24.2. The normalized spacial score (nSPS) is 15.6. The topological polar surface area (TPSA) is 82.3 Å². The lowest BCUT2D eigenvalue weighted by atomic mass is 9.93. The number of nitrogens with one attached hydrogen (secondary N) is 1. The maximum atomic E-state index is 14.0. The fraction of sp³-hybridized carbons (Fsp3) is 0.259. The number of rotatable bonds is 6. The summed E-state index contributed by atoms with van der Waals surface area (Å²) in [4.78, 5) is 13.6. The van der Waals surface area contributed by atoms with Gasteiger partial charge >= 0.3 is 0 Å². The van der Waals surface area contributed by atoms with Gasteiger partial charge in [-0.25, -0.2) is 4.39 Å². The van der Waals surface area contributed by atoms with Gasteiger partial charge in [-0.15, -0.1) is 11.3 Å². The molecule has 3 aromatic rings. The van der Waals surface area contributed by atoms with Crippen LogP contribution in [0.25, 0.3) is 0 Å². The van der Waals surface area contributed by atoms with E-state index in [-0.39, 0.29) is 11.7 Å². The molecule has 2 atom stereocenters. The number of aliphatic hydroxyl groups is 1. The van der Waals surface area contributed by atoms with Crippen LogP contribution < -0.4 is 10.1 Å². The Hall–Kier alpha value is -3.47. The Morgan fingerprint density at radius 3 is 2.82 bits per heavy atom. The first-order valence-corrected chi connectivity index (χ1v) is 11.9. The van der Waals surface area contributed by atoms with E-state index in [1.165, 1.54) is 29.5 Å². The van der Waals surface area contributed by atoms with Crippen LogP contribution in [0.2, 0.25) is 0 Å². The molecule has 1 heterocycles. The van der Waals surface area contributed by atoms with Crippen LogP contribution in [0.4, 0.5) is 9.39 Å². The zero-order valence-corrected chi connectivity index (χ0v) is 19.8. The van der Waals surface area contributed by atoms with E-state index in [2.05, 4.69) is 11.4 Å². The van der Waals surface area contributed by atoms with Gasteiger partial charge in [0.2, 0.25) is 0 Å². The molecule has 5 nitrogen and oxygen atoms in total.